The molecule has 0 unspecified atom stereocenters. The normalized spacial score (nSPS) is 13.6. The highest BCUT2D eigenvalue weighted by Gasteiger charge is 2.26. The first-order valence-corrected chi connectivity index (χ1v) is 12.3. The van der Waals surface area contributed by atoms with E-state index in [1.165, 1.54) is 0 Å². The molecule has 1 aliphatic rings. The van der Waals surface area contributed by atoms with Crippen LogP contribution in [0.5, 0.6) is 0 Å². The number of anilines is 2. The summed E-state index contributed by atoms with van der Waals surface area (Å²) >= 11 is 0. The third kappa shape index (κ3) is 5.23. The van der Waals surface area contributed by atoms with Gasteiger partial charge in [0.2, 0.25) is 5.95 Å². The predicted octanol–water partition coefficient (Wildman–Crippen LogP) is 5.49. The number of amides is 1. The van der Waals surface area contributed by atoms with E-state index in [2.05, 4.69) is 34.1 Å². The number of imidazole rings is 1. The Bertz CT molecular complexity index is 1480. The van der Waals surface area contributed by atoms with Gasteiger partial charge in [0.25, 0.3) is 0 Å². The Hall–Kier alpha value is -4.08. The van der Waals surface area contributed by atoms with Crippen molar-refractivity contribution in [2.45, 2.75) is 59.1 Å². The van der Waals surface area contributed by atoms with Gasteiger partial charge in [-0.05, 0) is 50.5 Å². The zero-order chi connectivity index (χ0) is 26.3. The van der Waals surface area contributed by atoms with E-state index in [0.717, 1.165) is 28.7 Å². The number of nitrogens with one attached hydrogen (secondary N) is 1. The number of hydrogen-bond acceptors (Lipinski definition) is 7. The molecule has 0 bridgehead atoms. The van der Waals surface area contributed by atoms with Gasteiger partial charge >= 0.3 is 6.09 Å². The van der Waals surface area contributed by atoms with Crippen molar-refractivity contribution >= 4 is 23.4 Å². The number of rotatable bonds is 4. The lowest BCUT2D eigenvalue weighted by Crippen LogP contribution is -2.40. The van der Waals surface area contributed by atoms with Crippen LogP contribution in [0.2, 0.25) is 0 Å². The van der Waals surface area contributed by atoms with Crippen molar-refractivity contribution in [2.75, 3.05) is 11.9 Å². The zero-order valence-electron chi connectivity index (χ0n) is 21.6. The third-order valence-electron chi connectivity index (χ3n) is 6.07. The van der Waals surface area contributed by atoms with Crippen LogP contribution < -0.4 is 5.32 Å². The Morgan fingerprint density at radius 3 is 2.73 bits per heavy atom. The van der Waals surface area contributed by atoms with Crippen LogP contribution in [0.4, 0.5) is 21.0 Å². The van der Waals surface area contributed by atoms with E-state index in [1.54, 1.807) is 17.3 Å². The van der Waals surface area contributed by atoms with Crippen LogP contribution in [0, 0.1) is 5.82 Å². The lowest BCUT2D eigenvalue weighted by Gasteiger charge is -2.30. The molecule has 5 rings (SSSR count). The van der Waals surface area contributed by atoms with Gasteiger partial charge in [0.15, 0.2) is 5.82 Å². The van der Waals surface area contributed by atoms with Crippen molar-refractivity contribution in [1.29, 1.82) is 0 Å². The van der Waals surface area contributed by atoms with Gasteiger partial charge in [-0.3, -0.25) is 0 Å². The molecule has 4 aromatic heterocycles. The number of carbonyl (C=O) groups excluding carboxylic acids is 1. The smallest absolute Gasteiger partial charge is 0.410 e. The molecule has 10 heteroatoms. The number of nitrogens with zero attached hydrogens (tertiary/aromatic N) is 6. The van der Waals surface area contributed by atoms with E-state index in [-0.39, 0.29) is 23.7 Å². The van der Waals surface area contributed by atoms with Crippen LogP contribution in [0.1, 0.15) is 57.5 Å². The maximum Gasteiger partial charge on any atom is 0.410 e. The largest absolute Gasteiger partial charge is 0.444 e. The topological polar surface area (TPSA) is 97.5 Å². The third-order valence-corrected chi connectivity index (χ3v) is 6.07. The molecular formula is C27H30FN7O2. The van der Waals surface area contributed by atoms with E-state index in [9.17, 15) is 9.18 Å². The minimum Gasteiger partial charge on any atom is -0.444 e. The predicted molar refractivity (Wildman–Crippen MR) is 138 cm³/mol. The minimum absolute atomic E-state index is 0.196. The molecule has 0 aromatic carbocycles. The van der Waals surface area contributed by atoms with Gasteiger partial charge in [-0.1, -0.05) is 19.9 Å². The molecule has 37 heavy (non-hydrogen) atoms. The van der Waals surface area contributed by atoms with E-state index < -0.39 is 11.4 Å². The van der Waals surface area contributed by atoms with Crippen LogP contribution in [0.15, 0.2) is 43.0 Å². The van der Waals surface area contributed by atoms with Crippen LogP contribution in [-0.2, 0) is 17.7 Å². The second-order valence-corrected chi connectivity index (χ2v) is 10.5. The van der Waals surface area contributed by atoms with Crippen molar-refractivity contribution in [2.24, 2.45) is 0 Å². The fourth-order valence-corrected chi connectivity index (χ4v) is 4.31. The quantitative estimate of drug-likeness (QED) is 0.393. The molecular weight excluding hydrogens is 473 g/mol. The fraction of sp³-hybridized carbons (Fsp3) is 0.370. The molecule has 192 valence electrons. The Labute approximate surface area is 214 Å². The molecule has 0 fully saturated rings. The highest BCUT2D eigenvalue weighted by Crippen LogP contribution is 2.27. The number of pyridine rings is 2. The zero-order valence-corrected chi connectivity index (χ0v) is 21.6. The van der Waals surface area contributed by atoms with Gasteiger partial charge in [0.05, 0.1) is 30.3 Å². The maximum absolute atomic E-state index is 14.8. The van der Waals surface area contributed by atoms with Gasteiger partial charge in [-0.15, -0.1) is 0 Å². The number of halogens is 1. The van der Waals surface area contributed by atoms with Crippen molar-refractivity contribution in [3.63, 3.8) is 0 Å². The molecule has 0 aliphatic carbocycles. The summed E-state index contributed by atoms with van der Waals surface area (Å²) in [6.07, 6.45) is 5.03. The molecule has 0 saturated heterocycles. The maximum atomic E-state index is 14.8. The van der Waals surface area contributed by atoms with Crippen molar-refractivity contribution in [1.82, 2.24) is 29.2 Å². The summed E-state index contributed by atoms with van der Waals surface area (Å²) < 4.78 is 22.2. The molecule has 0 saturated carbocycles. The van der Waals surface area contributed by atoms with Crippen LogP contribution >= 0.6 is 0 Å². The van der Waals surface area contributed by atoms with E-state index in [0.29, 0.717) is 30.9 Å². The number of carbonyl (C=O) groups is 1. The van der Waals surface area contributed by atoms with E-state index in [4.69, 9.17) is 9.72 Å². The molecule has 4 aromatic rings. The number of hydrogen-bond donors (Lipinski definition) is 1. The summed E-state index contributed by atoms with van der Waals surface area (Å²) in [6.45, 7) is 10.7. The minimum atomic E-state index is -0.543. The Kier molecular flexibility index (Phi) is 6.26. The molecule has 0 spiro atoms. The van der Waals surface area contributed by atoms with Crippen molar-refractivity contribution in [3.8, 4) is 11.3 Å². The fourth-order valence-electron chi connectivity index (χ4n) is 4.31. The average Bonchev–Trinajstić information content (AvgIpc) is 3.27. The first kappa shape index (κ1) is 24.6. The molecule has 0 radical (unpaired) electrons. The summed E-state index contributed by atoms with van der Waals surface area (Å²) in [4.78, 5) is 31.8. The van der Waals surface area contributed by atoms with Gasteiger partial charge < -0.3 is 19.4 Å². The van der Waals surface area contributed by atoms with Crippen molar-refractivity contribution < 1.29 is 13.9 Å². The summed E-state index contributed by atoms with van der Waals surface area (Å²) in [5, 5.41) is 3.10. The molecule has 1 aliphatic heterocycles. The highest BCUT2D eigenvalue weighted by molar-refractivity contribution is 5.70. The van der Waals surface area contributed by atoms with Crippen LogP contribution in [0.25, 0.3) is 16.8 Å². The first-order chi connectivity index (χ1) is 17.6. The van der Waals surface area contributed by atoms with Gasteiger partial charge in [0.1, 0.15) is 17.1 Å². The Morgan fingerprint density at radius 2 is 1.97 bits per heavy atom. The summed E-state index contributed by atoms with van der Waals surface area (Å²) in [5.41, 5.74) is 3.99. The van der Waals surface area contributed by atoms with E-state index in [1.807, 2.05) is 49.6 Å². The number of ether oxygens (including phenoxy) is 1. The van der Waals surface area contributed by atoms with Crippen LogP contribution in [-0.4, -0.2) is 47.5 Å². The van der Waals surface area contributed by atoms with E-state index >= 15 is 0 Å². The summed E-state index contributed by atoms with van der Waals surface area (Å²) in [7, 11) is 0. The average molecular weight is 504 g/mol. The Morgan fingerprint density at radius 1 is 1.16 bits per heavy atom. The summed E-state index contributed by atoms with van der Waals surface area (Å²) in [6, 6.07) is 7.43. The Balaban J connectivity index is 1.36. The second kappa shape index (κ2) is 9.42. The number of aromatic nitrogens is 5. The SMILES string of the molecule is CC(C)c1ncn2ccc(-c3nc(Nc4ccc5c(n4)CCN(C(=O)OC(C)(C)C)C5)ncc3F)cc12. The van der Waals surface area contributed by atoms with Gasteiger partial charge in [0, 0.05) is 30.4 Å². The van der Waals surface area contributed by atoms with Crippen LogP contribution in [0.3, 0.4) is 0 Å². The second-order valence-electron chi connectivity index (χ2n) is 10.5. The lowest BCUT2D eigenvalue weighted by atomic mass is 10.1. The standard InChI is InChI=1S/C27H30FN7O2/c1-16(2)23-21-12-17(8-10-35(21)15-30-23)24-19(28)13-29-25(33-24)32-22-7-6-18-14-34(11-9-20(18)31-22)26(36)37-27(3,4)5/h6-8,10,12-13,15-16H,9,11,14H2,1-5H3,(H,29,31,32,33). The van der Waals surface area contributed by atoms with Gasteiger partial charge in [-0.2, -0.15) is 0 Å². The van der Waals surface area contributed by atoms with Crippen molar-refractivity contribution in [3.05, 3.63) is 65.8 Å². The highest BCUT2D eigenvalue weighted by atomic mass is 19.1. The lowest BCUT2D eigenvalue weighted by molar-refractivity contribution is 0.0223. The molecule has 1 N–H and O–H groups in total. The summed E-state index contributed by atoms with van der Waals surface area (Å²) in [5.74, 6) is 0.517. The molecule has 5 heterocycles. The monoisotopic (exact) mass is 503 g/mol. The van der Waals surface area contributed by atoms with Gasteiger partial charge in [-0.25, -0.2) is 29.1 Å². The first-order valence-electron chi connectivity index (χ1n) is 12.3. The molecule has 0 atom stereocenters. The number of fused-ring (bicyclic) bond motifs is 2. The molecule has 9 nitrogen and oxygen atoms in total. The molecule has 1 amide bonds.